The van der Waals surface area contributed by atoms with Gasteiger partial charge < -0.3 is 20.2 Å². The minimum atomic E-state index is -0.628. The van der Waals surface area contributed by atoms with Crippen LogP contribution in [0, 0.1) is 5.82 Å². The Hall–Kier alpha value is -3.16. The molecule has 4 rings (SSSR count). The second kappa shape index (κ2) is 6.86. The summed E-state index contributed by atoms with van der Waals surface area (Å²) in [4.78, 5) is 20.1. The van der Waals surface area contributed by atoms with Crippen LogP contribution >= 0.6 is 0 Å². The molecule has 140 valence electrons. The van der Waals surface area contributed by atoms with Crippen molar-refractivity contribution in [2.24, 2.45) is 5.73 Å². The normalized spacial score (nSPS) is 19.3. The van der Waals surface area contributed by atoms with Crippen LogP contribution < -0.4 is 15.8 Å². The lowest BCUT2D eigenvalue weighted by Crippen LogP contribution is -2.24. The molecule has 0 unspecified atom stereocenters. The maximum Gasteiger partial charge on any atom is 0.295 e. The standard InChI is InChI=1S/C19H19FN4O3/c1-26-17-12(7-8-22-16(17)18(21)25)11-3-2-4-13(11)23-19-24-14-6-5-10(20)9-15(14)27-19/h5-9,11,13H,2-4H2,1H3,(H2,21,25)(H,23,24)/t11-,13-/m0/s1. The highest BCUT2D eigenvalue weighted by atomic mass is 19.1. The molecule has 0 spiro atoms. The quantitative estimate of drug-likeness (QED) is 0.715. The monoisotopic (exact) mass is 370 g/mol. The van der Waals surface area contributed by atoms with Crippen LogP contribution in [0.3, 0.4) is 0 Å². The SMILES string of the molecule is COc1c([C@@H]2CCC[C@@H]2Nc2nc3ccc(F)cc3o2)ccnc1C(N)=O. The molecule has 3 aromatic rings. The van der Waals surface area contributed by atoms with Crippen LogP contribution in [0.4, 0.5) is 10.4 Å². The number of anilines is 1. The number of nitrogens with two attached hydrogens (primary N) is 1. The summed E-state index contributed by atoms with van der Waals surface area (Å²) in [6.45, 7) is 0. The van der Waals surface area contributed by atoms with Crippen molar-refractivity contribution in [1.29, 1.82) is 0 Å². The number of halogens is 1. The Morgan fingerprint density at radius 1 is 1.37 bits per heavy atom. The van der Waals surface area contributed by atoms with E-state index in [4.69, 9.17) is 14.9 Å². The Bertz CT molecular complexity index is 1000. The van der Waals surface area contributed by atoms with Crippen LogP contribution in [0.2, 0.25) is 0 Å². The van der Waals surface area contributed by atoms with Crippen LogP contribution in [0.1, 0.15) is 41.2 Å². The Labute approximate surface area is 154 Å². The average Bonchev–Trinajstić information content (AvgIpc) is 3.27. The molecule has 0 saturated heterocycles. The largest absolute Gasteiger partial charge is 0.494 e. The summed E-state index contributed by atoms with van der Waals surface area (Å²) in [6, 6.07) is 6.45. The molecule has 1 aliphatic rings. The third-order valence-electron chi connectivity index (χ3n) is 4.95. The number of hydrogen-bond donors (Lipinski definition) is 2. The van der Waals surface area contributed by atoms with E-state index >= 15 is 0 Å². The summed E-state index contributed by atoms with van der Waals surface area (Å²) >= 11 is 0. The maximum absolute atomic E-state index is 13.4. The number of carbonyl (C=O) groups excluding carboxylic acids is 1. The van der Waals surface area contributed by atoms with Gasteiger partial charge in [-0.05, 0) is 31.0 Å². The number of primary amides is 1. The van der Waals surface area contributed by atoms with E-state index in [0.717, 1.165) is 24.8 Å². The van der Waals surface area contributed by atoms with Crippen LogP contribution in [-0.2, 0) is 0 Å². The van der Waals surface area contributed by atoms with Gasteiger partial charge in [0.1, 0.15) is 11.3 Å². The fraction of sp³-hybridized carbons (Fsp3) is 0.316. The lowest BCUT2D eigenvalue weighted by molar-refractivity contribution is 0.0992. The number of amides is 1. The zero-order chi connectivity index (χ0) is 19.0. The van der Waals surface area contributed by atoms with E-state index < -0.39 is 5.91 Å². The number of hydrogen-bond acceptors (Lipinski definition) is 6. The highest BCUT2D eigenvalue weighted by Crippen LogP contribution is 2.41. The number of oxazole rings is 1. The van der Waals surface area contributed by atoms with Gasteiger partial charge in [0.25, 0.3) is 11.9 Å². The van der Waals surface area contributed by atoms with E-state index in [-0.39, 0.29) is 23.5 Å². The molecule has 0 bridgehead atoms. The predicted molar refractivity (Wildman–Crippen MR) is 97.3 cm³/mol. The number of methoxy groups -OCH3 is 1. The summed E-state index contributed by atoms with van der Waals surface area (Å²) in [6.07, 6.45) is 4.37. The van der Waals surface area contributed by atoms with E-state index in [2.05, 4.69) is 15.3 Å². The molecule has 1 aliphatic carbocycles. The summed E-state index contributed by atoms with van der Waals surface area (Å²) in [7, 11) is 1.50. The molecule has 2 aromatic heterocycles. The lowest BCUT2D eigenvalue weighted by Gasteiger charge is -2.22. The number of nitrogens with zero attached hydrogens (tertiary/aromatic N) is 2. The van der Waals surface area contributed by atoms with Crippen LogP contribution in [0.15, 0.2) is 34.9 Å². The molecule has 2 heterocycles. The van der Waals surface area contributed by atoms with Gasteiger partial charge in [-0.2, -0.15) is 4.98 Å². The molecule has 3 N–H and O–H groups in total. The first kappa shape index (κ1) is 17.3. The fourth-order valence-corrected chi connectivity index (χ4v) is 3.77. The molecule has 2 atom stereocenters. The number of rotatable bonds is 5. The summed E-state index contributed by atoms with van der Waals surface area (Å²) in [5.41, 5.74) is 7.40. The predicted octanol–water partition coefficient (Wildman–Crippen LogP) is 3.22. The summed E-state index contributed by atoms with van der Waals surface area (Å²) in [5, 5.41) is 3.31. The smallest absolute Gasteiger partial charge is 0.295 e. The number of pyridine rings is 1. The molecule has 27 heavy (non-hydrogen) atoms. The first-order valence-corrected chi connectivity index (χ1v) is 8.72. The molecule has 8 heteroatoms. The highest BCUT2D eigenvalue weighted by molar-refractivity contribution is 5.94. The Morgan fingerprint density at radius 3 is 3.00 bits per heavy atom. The topological polar surface area (TPSA) is 103 Å². The molecule has 1 amide bonds. The number of benzene rings is 1. The highest BCUT2D eigenvalue weighted by Gasteiger charge is 2.33. The van der Waals surface area contributed by atoms with Crippen molar-refractivity contribution >= 4 is 23.0 Å². The van der Waals surface area contributed by atoms with E-state index in [1.54, 1.807) is 12.3 Å². The second-order valence-corrected chi connectivity index (χ2v) is 6.57. The van der Waals surface area contributed by atoms with E-state index in [1.807, 2.05) is 6.07 Å². The first-order valence-electron chi connectivity index (χ1n) is 8.72. The molecule has 0 aliphatic heterocycles. The third-order valence-corrected chi connectivity index (χ3v) is 4.95. The fourth-order valence-electron chi connectivity index (χ4n) is 3.77. The molecule has 0 radical (unpaired) electrons. The van der Waals surface area contributed by atoms with Gasteiger partial charge in [0.15, 0.2) is 17.0 Å². The Balaban J connectivity index is 1.64. The number of aromatic nitrogens is 2. The first-order chi connectivity index (χ1) is 13.1. The number of ether oxygens (including phenoxy) is 1. The summed E-state index contributed by atoms with van der Waals surface area (Å²) in [5.74, 6) is -0.516. The minimum absolute atomic E-state index is 0.0277. The molecular weight excluding hydrogens is 351 g/mol. The second-order valence-electron chi connectivity index (χ2n) is 6.57. The van der Waals surface area contributed by atoms with Gasteiger partial charge in [-0.3, -0.25) is 4.79 Å². The van der Waals surface area contributed by atoms with E-state index in [1.165, 1.54) is 19.2 Å². The van der Waals surface area contributed by atoms with Crippen molar-refractivity contribution in [3.8, 4) is 5.75 Å². The average molecular weight is 370 g/mol. The van der Waals surface area contributed by atoms with Gasteiger partial charge in [-0.15, -0.1) is 0 Å². The Kier molecular flexibility index (Phi) is 4.39. The number of fused-ring (bicyclic) bond motifs is 1. The van der Waals surface area contributed by atoms with Gasteiger partial charge in [0.2, 0.25) is 0 Å². The van der Waals surface area contributed by atoms with Gasteiger partial charge >= 0.3 is 0 Å². The Morgan fingerprint density at radius 2 is 2.22 bits per heavy atom. The van der Waals surface area contributed by atoms with Gasteiger partial charge in [-0.1, -0.05) is 6.42 Å². The van der Waals surface area contributed by atoms with Crippen LogP contribution in [-0.4, -0.2) is 29.0 Å². The van der Waals surface area contributed by atoms with Crippen molar-refractivity contribution in [2.75, 3.05) is 12.4 Å². The van der Waals surface area contributed by atoms with Gasteiger partial charge in [-0.25, -0.2) is 9.37 Å². The number of carbonyl (C=O) groups is 1. The molecule has 1 fully saturated rings. The lowest BCUT2D eigenvalue weighted by atomic mass is 9.93. The van der Waals surface area contributed by atoms with E-state index in [9.17, 15) is 9.18 Å². The third kappa shape index (κ3) is 3.18. The van der Waals surface area contributed by atoms with Crippen LogP contribution in [0.25, 0.3) is 11.1 Å². The number of nitrogens with one attached hydrogen (secondary N) is 1. The minimum Gasteiger partial charge on any atom is -0.494 e. The van der Waals surface area contributed by atoms with Crippen molar-refractivity contribution in [2.45, 2.75) is 31.2 Å². The molecule has 7 nitrogen and oxygen atoms in total. The molecule has 1 aromatic carbocycles. The van der Waals surface area contributed by atoms with Crippen molar-refractivity contribution in [3.63, 3.8) is 0 Å². The van der Waals surface area contributed by atoms with Crippen LogP contribution in [0.5, 0.6) is 5.75 Å². The van der Waals surface area contributed by atoms with Gasteiger partial charge in [0.05, 0.1) is 7.11 Å². The molecule has 1 saturated carbocycles. The van der Waals surface area contributed by atoms with Crippen molar-refractivity contribution < 1.29 is 18.3 Å². The van der Waals surface area contributed by atoms with Crippen molar-refractivity contribution in [3.05, 3.63) is 47.5 Å². The van der Waals surface area contributed by atoms with Crippen molar-refractivity contribution in [1.82, 2.24) is 9.97 Å². The molecular formula is C19H19FN4O3. The van der Waals surface area contributed by atoms with E-state index in [0.29, 0.717) is 22.9 Å². The van der Waals surface area contributed by atoms with Gasteiger partial charge in [0, 0.05) is 29.8 Å². The zero-order valence-corrected chi connectivity index (χ0v) is 14.7. The maximum atomic E-state index is 13.4. The summed E-state index contributed by atoms with van der Waals surface area (Å²) < 4.78 is 24.4. The zero-order valence-electron chi connectivity index (χ0n) is 14.7.